The highest BCUT2D eigenvalue weighted by Gasteiger charge is 2.67. The van der Waals surface area contributed by atoms with Gasteiger partial charge in [0.1, 0.15) is 85.5 Å². The molecular weight excluding hydrogens is 480 g/mol. The molecule has 6 aliphatic heterocycles. The Kier molecular flexibility index (Phi) is 6.51. The molecule has 0 aromatic rings. The molecule has 0 spiro atoms. The van der Waals surface area contributed by atoms with Gasteiger partial charge in [-0.3, -0.25) is 0 Å². The van der Waals surface area contributed by atoms with E-state index in [4.69, 9.17) is 42.6 Å². The van der Waals surface area contributed by atoms with Gasteiger partial charge in [0.25, 0.3) is 0 Å². The highest BCUT2D eigenvalue weighted by atomic mass is 16.7. The molecule has 6 saturated heterocycles. The fourth-order valence-electron chi connectivity index (χ4n) is 6.46. The van der Waals surface area contributed by atoms with Crippen molar-refractivity contribution in [2.45, 2.75) is 97.7 Å². The molecule has 12 nitrogen and oxygen atoms in total. The molecule has 0 aliphatic carbocycles. The molecule has 0 saturated carbocycles. The van der Waals surface area contributed by atoms with Crippen LogP contribution in [0.5, 0.6) is 0 Å². The summed E-state index contributed by atoms with van der Waals surface area (Å²) in [7, 11) is 0. The molecule has 6 fully saturated rings. The molecule has 0 amide bonds. The Morgan fingerprint density at radius 1 is 0.528 bits per heavy atom. The molecule has 4 unspecified atom stereocenters. The van der Waals surface area contributed by atoms with Gasteiger partial charge in [-0.15, -0.1) is 0 Å². The van der Waals surface area contributed by atoms with E-state index >= 15 is 0 Å². The molecule has 36 heavy (non-hydrogen) atoms. The maximum Gasteiger partial charge on any atom is 0.155 e. The summed E-state index contributed by atoms with van der Waals surface area (Å²) in [4.78, 5) is 0. The van der Waals surface area contributed by atoms with Crippen molar-refractivity contribution >= 4 is 0 Å². The average molecular weight is 513 g/mol. The van der Waals surface area contributed by atoms with Crippen LogP contribution < -0.4 is 0 Å². The number of hydrogen-bond acceptors (Lipinski definition) is 12. The first-order valence-corrected chi connectivity index (χ1v) is 12.2. The Hall–Kier alpha value is -1.74. The molecular formula is C24H32O12. The van der Waals surface area contributed by atoms with Crippen LogP contribution in [0.4, 0.5) is 0 Å². The van der Waals surface area contributed by atoms with Crippen molar-refractivity contribution in [2.75, 3.05) is 13.2 Å². The van der Waals surface area contributed by atoms with Gasteiger partial charge < -0.3 is 58.0 Å². The third-order valence-corrected chi connectivity index (χ3v) is 7.95. The van der Waals surface area contributed by atoms with E-state index in [0.717, 1.165) is 0 Å². The summed E-state index contributed by atoms with van der Waals surface area (Å²) < 4.78 is 53.0. The van der Waals surface area contributed by atoms with Gasteiger partial charge in [0.05, 0.1) is 32.0 Å². The van der Waals surface area contributed by atoms with E-state index in [-0.39, 0.29) is 13.2 Å². The summed E-state index contributed by atoms with van der Waals surface area (Å²) in [5.74, 6) is 0. The largest absolute Gasteiger partial charge is 0.493 e. The Balaban J connectivity index is 1.19. The summed E-state index contributed by atoms with van der Waals surface area (Å²) in [5.41, 5.74) is 0. The fourth-order valence-corrected chi connectivity index (χ4v) is 6.46. The lowest BCUT2D eigenvalue weighted by Gasteiger charge is -2.32. The van der Waals surface area contributed by atoms with Crippen LogP contribution in [0.15, 0.2) is 38.5 Å². The molecule has 0 radical (unpaired) electrons. The van der Waals surface area contributed by atoms with Crippen LogP contribution in [0.3, 0.4) is 0 Å². The van der Waals surface area contributed by atoms with Crippen molar-refractivity contribution in [3.05, 3.63) is 38.5 Å². The third kappa shape index (κ3) is 3.62. The Morgan fingerprint density at radius 3 is 1.58 bits per heavy atom. The van der Waals surface area contributed by atoms with Crippen molar-refractivity contribution in [3.63, 3.8) is 0 Å². The lowest BCUT2D eigenvalue weighted by Crippen LogP contribution is -2.49. The van der Waals surface area contributed by atoms with E-state index in [0.29, 0.717) is 0 Å². The zero-order valence-corrected chi connectivity index (χ0v) is 19.5. The molecule has 0 aromatic heterocycles. The van der Waals surface area contributed by atoms with Gasteiger partial charge in [-0.05, 0) is 0 Å². The van der Waals surface area contributed by atoms with Crippen molar-refractivity contribution in [1.29, 1.82) is 0 Å². The Labute approximate surface area is 207 Å². The van der Waals surface area contributed by atoms with E-state index in [1.165, 1.54) is 18.8 Å². The molecule has 0 bridgehead atoms. The minimum Gasteiger partial charge on any atom is -0.493 e. The van der Waals surface area contributed by atoms with Gasteiger partial charge in [0.15, 0.2) is 12.2 Å². The second kappa shape index (κ2) is 9.53. The Morgan fingerprint density at radius 2 is 1.00 bits per heavy atom. The van der Waals surface area contributed by atoms with Gasteiger partial charge in [-0.1, -0.05) is 19.7 Å². The zero-order valence-electron chi connectivity index (χ0n) is 19.5. The first-order chi connectivity index (χ1) is 17.5. The number of hydrogen-bond donors (Lipinski definition) is 3. The van der Waals surface area contributed by atoms with Gasteiger partial charge in [-0.25, -0.2) is 0 Å². The first-order valence-electron chi connectivity index (χ1n) is 12.2. The van der Waals surface area contributed by atoms with E-state index in [1.54, 1.807) is 0 Å². The van der Waals surface area contributed by atoms with Gasteiger partial charge in [-0.2, -0.15) is 0 Å². The summed E-state index contributed by atoms with van der Waals surface area (Å²) in [6, 6.07) is 0. The lowest BCUT2D eigenvalue weighted by atomic mass is 9.96. The SMILES string of the molecule is C=CO[C@@H]1CO[C@H]2[C@@H]1OC(C1O[C@H]3[C@H](OC(C4O[C@H]5[C@H](OC[C@H]5O)[C@H]4OC=C)[C@@H]3O)[C@H]1OC=C)[C@H]2O. The van der Waals surface area contributed by atoms with Gasteiger partial charge >= 0.3 is 0 Å². The molecule has 0 aromatic carbocycles. The molecule has 6 heterocycles. The minimum absolute atomic E-state index is 0.131. The maximum absolute atomic E-state index is 11.3. The van der Waals surface area contributed by atoms with Crippen molar-refractivity contribution in [1.82, 2.24) is 0 Å². The molecule has 16 atom stereocenters. The summed E-state index contributed by atoms with van der Waals surface area (Å²) >= 11 is 0. The van der Waals surface area contributed by atoms with E-state index in [1.807, 2.05) is 0 Å². The zero-order chi connectivity index (χ0) is 25.1. The summed E-state index contributed by atoms with van der Waals surface area (Å²) in [5, 5.41) is 32.5. The predicted octanol–water partition coefficient (Wildman–Crippen LogP) is -1.48. The average Bonchev–Trinajstić information content (AvgIpc) is 3.67. The van der Waals surface area contributed by atoms with Crippen LogP contribution in [0.2, 0.25) is 0 Å². The Bertz CT molecular complexity index is 855. The van der Waals surface area contributed by atoms with Gasteiger partial charge in [0, 0.05) is 0 Å². The number of aliphatic hydroxyl groups excluding tert-OH is 3. The van der Waals surface area contributed by atoms with Crippen LogP contribution in [0.25, 0.3) is 0 Å². The number of rotatable bonds is 8. The maximum atomic E-state index is 11.3. The summed E-state index contributed by atoms with van der Waals surface area (Å²) in [6.45, 7) is 11.2. The highest BCUT2D eigenvalue weighted by Crippen LogP contribution is 2.46. The highest BCUT2D eigenvalue weighted by molar-refractivity contribution is 5.14. The standard InChI is InChI=1S/C24H32O12/c1-4-28-10-8-32-15-11(26)16(34-14(10)15)23-21(30-6-3)24-18(36-23)12(27)17(35-24)22-20(29-5-2)19-13(33-22)9(25)7-31-19/h4-6,9-27H,1-3,7-8H2/t9-,10-,11+,12+,13-,14-,15-,16?,17?,18-,19+,20-,21+,22?,23?,24+/m1/s1. The second-order valence-corrected chi connectivity index (χ2v) is 9.78. The third-order valence-electron chi connectivity index (χ3n) is 7.95. The lowest BCUT2D eigenvalue weighted by molar-refractivity contribution is -0.171. The van der Waals surface area contributed by atoms with Crippen molar-refractivity contribution in [3.8, 4) is 0 Å². The number of ether oxygens (including phenoxy) is 9. The van der Waals surface area contributed by atoms with Crippen LogP contribution in [-0.2, 0) is 42.6 Å². The first kappa shape index (κ1) is 24.6. The predicted molar refractivity (Wildman–Crippen MR) is 117 cm³/mol. The number of aliphatic hydroxyl groups is 3. The fraction of sp³-hybridized carbons (Fsp3) is 0.750. The van der Waals surface area contributed by atoms with Crippen LogP contribution in [0, 0.1) is 0 Å². The van der Waals surface area contributed by atoms with E-state index < -0.39 is 97.7 Å². The van der Waals surface area contributed by atoms with Crippen LogP contribution >= 0.6 is 0 Å². The quantitative estimate of drug-likeness (QED) is 0.326. The smallest absolute Gasteiger partial charge is 0.155 e. The van der Waals surface area contributed by atoms with Crippen molar-refractivity contribution in [2.24, 2.45) is 0 Å². The number of fused-ring (bicyclic) bond motifs is 3. The molecule has 200 valence electrons. The van der Waals surface area contributed by atoms with Crippen molar-refractivity contribution < 1.29 is 58.0 Å². The normalized spacial score (nSPS) is 55.1. The molecule has 3 N–H and O–H groups in total. The minimum atomic E-state index is -1.13. The van der Waals surface area contributed by atoms with E-state index in [9.17, 15) is 15.3 Å². The van der Waals surface area contributed by atoms with Gasteiger partial charge in [0.2, 0.25) is 0 Å². The van der Waals surface area contributed by atoms with Crippen LogP contribution in [0.1, 0.15) is 0 Å². The molecule has 6 rings (SSSR count). The monoisotopic (exact) mass is 512 g/mol. The molecule has 6 aliphatic rings. The van der Waals surface area contributed by atoms with E-state index in [2.05, 4.69) is 19.7 Å². The topological polar surface area (TPSA) is 144 Å². The summed E-state index contributed by atoms with van der Waals surface area (Å²) in [6.07, 6.45) is -7.87. The van der Waals surface area contributed by atoms with Crippen LogP contribution in [-0.4, -0.2) is 126 Å². The second-order valence-electron chi connectivity index (χ2n) is 9.78. The molecule has 12 heteroatoms.